The minimum Gasteiger partial charge on any atom is -0.493 e. The number of β-lactam (4-membered cyclic amide) rings is 1. The Labute approximate surface area is 161 Å². The summed E-state index contributed by atoms with van der Waals surface area (Å²) in [7, 11) is 1.60. The molecule has 0 aromatic heterocycles. The third-order valence-electron chi connectivity index (χ3n) is 5.74. The first kappa shape index (κ1) is 19.5. The van der Waals surface area contributed by atoms with E-state index in [0.717, 1.165) is 32.1 Å². The van der Waals surface area contributed by atoms with Gasteiger partial charge >= 0.3 is 0 Å². The van der Waals surface area contributed by atoms with E-state index in [-0.39, 0.29) is 23.9 Å². The SMILES string of the molecule is COc1ccccc1OCCNC(=O)C1N(C(C)C)C(=O)C12CCCCC2. The molecule has 1 aromatic carbocycles. The second kappa shape index (κ2) is 8.19. The van der Waals surface area contributed by atoms with E-state index < -0.39 is 5.41 Å². The predicted molar refractivity (Wildman–Crippen MR) is 103 cm³/mol. The molecule has 2 amide bonds. The zero-order chi connectivity index (χ0) is 19.4. The largest absolute Gasteiger partial charge is 0.493 e. The number of amides is 2. The summed E-state index contributed by atoms with van der Waals surface area (Å²) in [5.74, 6) is 1.41. The molecule has 1 N–H and O–H groups in total. The smallest absolute Gasteiger partial charge is 0.244 e. The topological polar surface area (TPSA) is 67.9 Å². The van der Waals surface area contributed by atoms with Crippen LogP contribution in [0.5, 0.6) is 11.5 Å². The molecular weight excluding hydrogens is 344 g/mol. The molecule has 1 aliphatic heterocycles. The quantitative estimate of drug-likeness (QED) is 0.589. The van der Waals surface area contributed by atoms with Crippen molar-refractivity contribution in [3.8, 4) is 11.5 Å². The molecule has 6 heteroatoms. The Morgan fingerprint density at radius 1 is 1.22 bits per heavy atom. The van der Waals surface area contributed by atoms with Gasteiger partial charge < -0.3 is 19.7 Å². The first-order valence-corrected chi connectivity index (χ1v) is 9.87. The highest BCUT2D eigenvalue weighted by atomic mass is 16.5. The number of likely N-dealkylation sites (tertiary alicyclic amines) is 1. The molecule has 1 saturated heterocycles. The van der Waals surface area contributed by atoms with Crippen LogP contribution in [0.1, 0.15) is 46.0 Å². The fourth-order valence-electron chi connectivity index (χ4n) is 4.44. The Balaban J connectivity index is 1.58. The second-order valence-electron chi connectivity index (χ2n) is 7.72. The number of ether oxygens (including phenoxy) is 2. The van der Waals surface area contributed by atoms with Gasteiger partial charge in [0.25, 0.3) is 0 Å². The number of carbonyl (C=O) groups is 2. The molecule has 2 aliphatic rings. The molecular formula is C21H30N2O4. The van der Waals surface area contributed by atoms with Crippen LogP contribution < -0.4 is 14.8 Å². The van der Waals surface area contributed by atoms with Crippen molar-refractivity contribution in [1.29, 1.82) is 0 Å². The average molecular weight is 374 g/mol. The monoisotopic (exact) mass is 374 g/mol. The molecule has 1 heterocycles. The maximum absolute atomic E-state index is 12.9. The van der Waals surface area contributed by atoms with Crippen molar-refractivity contribution in [2.45, 2.75) is 58.0 Å². The highest BCUT2D eigenvalue weighted by molar-refractivity contribution is 6.02. The van der Waals surface area contributed by atoms with Crippen molar-refractivity contribution in [3.63, 3.8) is 0 Å². The minimum absolute atomic E-state index is 0.0330. The lowest BCUT2D eigenvalue weighted by Gasteiger charge is -2.58. The fraction of sp³-hybridized carbons (Fsp3) is 0.619. The molecule has 1 unspecified atom stereocenters. The van der Waals surface area contributed by atoms with E-state index in [0.29, 0.717) is 24.7 Å². The van der Waals surface area contributed by atoms with E-state index >= 15 is 0 Å². The van der Waals surface area contributed by atoms with Gasteiger partial charge in [0.2, 0.25) is 11.8 Å². The van der Waals surface area contributed by atoms with Crippen LogP contribution >= 0.6 is 0 Å². The van der Waals surface area contributed by atoms with Crippen LogP contribution in [0.3, 0.4) is 0 Å². The summed E-state index contributed by atoms with van der Waals surface area (Å²) in [4.78, 5) is 27.4. The molecule has 6 nitrogen and oxygen atoms in total. The van der Waals surface area contributed by atoms with Crippen molar-refractivity contribution >= 4 is 11.8 Å². The van der Waals surface area contributed by atoms with Gasteiger partial charge in [-0.25, -0.2) is 0 Å². The third kappa shape index (κ3) is 3.62. The normalized spacial score (nSPS) is 21.1. The number of carbonyl (C=O) groups excluding carboxylic acids is 2. The first-order valence-electron chi connectivity index (χ1n) is 9.87. The zero-order valence-corrected chi connectivity index (χ0v) is 16.5. The lowest BCUT2D eigenvalue weighted by atomic mass is 9.61. The van der Waals surface area contributed by atoms with Gasteiger partial charge in [0.15, 0.2) is 11.5 Å². The van der Waals surface area contributed by atoms with Gasteiger partial charge in [-0.05, 0) is 38.8 Å². The van der Waals surface area contributed by atoms with Gasteiger partial charge in [-0.15, -0.1) is 0 Å². The van der Waals surface area contributed by atoms with Gasteiger partial charge in [-0.1, -0.05) is 31.4 Å². The van der Waals surface area contributed by atoms with Crippen LogP contribution in [0, 0.1) is 5.41 Å². The summed E-state index contributed by atoms with van der Waals surface area (Å²) in [6, 6.07) is 7.11. The molecule has 0 bridgehead atoms. The van der Waals surface area contributed by atoms with Gasteiger partial charge in [-0.2, -0.15) is 0 Å². The standard InChI is InChI=1S/C21H30N2O4/c1-15(2)23-18(21(20(23)25)11-7-4-8-12-21)19(24)22-13-14-27-17-10-6-5-9-16(17)26-3/h5-6,9-10,15,18H,4,7-8,11-14H2,1-3H3,(H,22,24). The highest BCUT2D eigenvalue weighted by Gasteiger charge is 2.63. The van der Waals surface area contributed by atoms with E-state index in [1.54, 1.807) is 12.0 Å². The van der Waals surface area contributed by atoms with Crippen molar-refractivity contribution in [2.24, 2.45) is 5.41 Å². The Bertz CT molecular complexity index is 683. The van der Waals surface area contributed by atoms with Crippen LogP contribution in [-0.4, -0.2) is 49.1 Å². The van der Waals surface area contributed by atoms with E-state index in [2.05, 4.69) is 5.32 Å². The molecule has 0 radical (unpaired) electrons. The minimum atomic E-state index is -0.476. The number of para-hydroxylation sites is 2. The van der Waals surface area contributed by atoms with Crippen molar-refractivity contribution < 1.29 is 19.1 Å². The third-order valence-corrected chi connectivity index (χ3v) is 5.74. The molecule has 27 heavy (non-hydrogen) atoms. The molecule has 1 saturated carbocycles. The number of benzene rings is 1. The van der Waals surface area contributed by atoms with E-state index in [9.17, 15) is 9.59 Å². The van der Waals surface area contributed by atoms with Crippen LogP contribution in [0.2, 0.25) is 0 Å². The predicted octanol–water partition coefficient (Wildman–Crippen LogP) is 2.76. The lowest BCUT2D eigenvalue weighted by Crippen LogP contribution is -2.75. The average Bonchev–Trinajstić information content (AvgIpc) is 2.69. The number of nitrogens with zero attached hydrogens (tertiary/aromatic N) is 1. The summed E-state index contributed by atoms with van der Waals surface area (Å²) in [5.41, 5.74) is -0.476. The van der Waals surface area contributed by atoms with Crippen LogP contribution in [-0.2, 0) is 9.59 Å². The van der Waals surface area contributed by atoms with Crippen LogP contribution in [0.4, 0.5) is 0 Å². The first-order chi connectivity index (χ1) is 13.0. The Morgan fingerprint density at radius 3 is 2.52 bits per heavy atom. The summed E-state index contributed by atoms with van der Waals surface area (Å²) < 4.78 is 11.0. The maximum Gasteiger partial charge on any atom is 0.244 e. The molecule has 148 valence electrons. The van der Waals surface area contributed by atoms with Crippen molar-refractivity contribution in [3.05, 3.63) is 24.3 Å². The number of hydrogen-bond donors (Lipinski definition) is 1. The molecule has 3 rings (SSSR count). The Hall–Kier alpha value is -2.24. The summed E-state index contributed by atoms with van der Waals surface area (Å²) in [6.45, 7) is 4.68. The summed E-state index contributed by atoms with van der Waals surface area (Å²) in [5, 5.41) is 2.97. The van der Waals surface area contributed by atoms with Gasteiger partial charge in [0, 0.05) is 6.04 Å². The number of methoxy groups -OCH3 is 1. The maximum atomic E-state index is 12.9. The van der Waals surface area contributed by atoms with Crippen molar-refractivity contribution in [2.75, 3.05) is 20.3 Å². The fourth-order valence-corrected chi connectivity index (χ4v) is 4.44. The number of nitrogens with one attached hydrogen (secondary N) is 1. The van der Waals surface area contributed by atoms with Crippen LogP contribution in [0.15, 0.2) is 24.3 Å². The van der Waals surface area contributed by atoms with E-state index in [1.165, 1.54) is 0 Å². The highest BCUT2D eigenvalue weighted by Crippen LogP contribution is 2.50. The summed E-state index contributed by atoms with van der Waals surface area (Å²) in [6.07, 6.45) is 4.85. The van der Waals surface area contributed by atoms with Gasteiger partial charge in [0.1, 0.15) is 12.6 Å². The van der Waals surface area contributed by atoms with Crippen molar-refractivity contribution in [1.82, 2.24) is 10.2 Å². The number of rotatable bonds is 7. The van der Waals surface area contributed by atoms with Crippen LogP contribution in [0.25, 0.3) is 0 Å². The molecule has 1 spiro atoms. The van der Waals surface area contributed by atoms with E-state index in [1.807, 2.05) is 38.1 Å². The molecule has 1 atom stereocenters. The number of hydrogen-bond acceptors (Lipinski definition) is 4. The van der Waals surface area contributed by atoms with Gasteiger partial charge in [-0.3, -0.25) is 9.59 Å². The zero-order valence-electron chi connectivity index (χ0n) is 16.5. The van der Waals surface area contributed by atoms with Gasteiger partial charge in [0.05, 0.1) is 19.1 Å². The summed E-state index contributed by atoms with van der Waals surface area (Å²) >= 11 is 0. The Kier molecular flexibility index (Phi) is 5.92. The molecule has 2 fully saturated rings. The second-order valence-corrected chi connectivity index (χ2v) is 7.72. The molecule has 1 aliphatic carbocycles. The lowest BCUT2D eigenvalue weighted by molar-refractivity contribution is -0.185. The Morgan fingerprint density at radius 2 is 1.89 bits per heavy atom. The van der Waals surface area contributed by atoms with E-state index in [4.69, 9.17) is 9.47 Å². The molecule has 1 aromatic rings.